The molecule has 0 unspecified atom stereocenters. The van der Waals surface area contributed by atoms with Crippen LogP contribution in [0.3, 0.4) is 0 Å². The molecule has 11 aromatic rings. The summed E-state index contributed by atoms with van der Waals surface area (Å²) in [6.07, 6.45) is 0. The lowest BCUT2D eigenvalue weighted by Crippen LogP contribution is -2.26. The standard InChI is InChI=1S/C55H33NOS/c1-7-22-43-35(15-1)36-16-2-8-23-44(36)55(43)45-24-9-3-19-41(45)54-46(55)25-14-27-48(54)56(34-31-32-39-38-18-5-11-28-49(38)57-50(39)33-34)47-26-10-4-17-37(47)40-21-13-30-52-53(40)42-20-6-12-29-51(42)58-52/h1-33H. The molecule has 0 saturated carbocycles. The predicted octanol–water partition coefficient (Wildman–Crippen LogP) is 15.4. The molecule has 9 aromatic carbocycles. The first-order valence-corrected chi connectivity index (χ1v) is 20.7. The molecule has 3 heteroatoms. The fraction of sp³-hybridized carbons (Fsp3) is 0.0182. The van der Waals surface area contributed by atoms with Crippen LogP contribution >= 0.6 is 11.3 Å². The van der Waals surface area contributed by atoms with Gasteiger partial charge in [-0.25, -0.2) is 0 Å². The molecule has 2 nitrogen and oxygen atoms in total. The van der Waals surface area contributed by atoms with Crippen LogP contribution in [0.15, 0.2) is 205 Å². The Balaban J connectivity index is 1.14. The first kappa shape index (κ1) is 31.9. The molecule has 13 rings (SSSR count). The summed E-state index contributed by atoms with van der Waals surface area (Å²) in [6, 6.07) is 73.8. The Morgan fingerprint density at radius 1 is 0.379 bits per heavy atom. The van der Waals surface area contributed by atoms with Crippen LogP contribution in [0, 0.1) is 0 Å². The van der Waals surface area contributed by atoms with Crippen LogP contribution in [-0.4, -0.2) is 0 Å². The number of fused-ring (bicyclic) bond motifs is 16. The van der Waals surface area contributed by atoms with Crippen molar-refractivity contribution in [2.75, 3.05) is 4.90 Å². The van der Waals surface area contributed by atoms with Crippen molar-refractivity contribution in [3.05, 3.63) is 222 Å². The largest absolute Gasteiger partial charge is 0.456 e. The van der Waals surface area contributed by atoms with Gasteiger partial charge in [-0.15, -0.1) is 11.3 Å². The fourth-order valence-corrected chi connectivity index (χ4v) is 11.6. The monoisotopic (exact) mass is 755 g/mol. The van der Waals surface area contributed by atoms with Gasteiger partial charge in [-0.3, -0.25) is 0 Å². The van der Waals surface area contributed by atoms with Crippen LogP contribution in [0.5, 0.6) is 0 Å². The predicted molar refractivity (Wildman–Crippen MR) is 243 cm³/mol. The zero-order valence-corrected chi connectivity index (χ0v) is 32.1. The molecule has 2 heterocycles. The summed E-state index contributed by atoms with van der Waals surface area (Å²) in [7, 11) is 0. The molecule has 0 amide bonds. The average Bonchev–Trinajstić information content (AvgIpc) is 4.02. The second kappa shape index (κ2) is 11.9. The minimum absolute atomic E-state index is 0.454. The van der Waals surface area contributed by atoms with Gasteiger partial charge in [0.25, 0.3) is 0 Å². The summed E-state index contributed by atoms with van der Waals surface area (Å²) in [6.45, 7) is 0. The maximum atomic E-state index is 6.60. The normalized spacial score (nSPS) is 13.3. The summed E-state index contributed by atoms with van der Waals surface area (Å²) in [5.74, 6) is 0. The van der Waals surface area contributed by atoms with E-state index in [1.807, 2.05) is 17.4 Å². The number of anilines is 3. The number of nitrogens with zero attached hydrogens (tertiary/aromatic N) is 1. The van der Waals surface area contributed by atoms with Crippen LogP contribution in [0.4, 0.5) is 17.1 Å². The van der Waals surface area contributed by atoms with Crippen LogP contribution in [0.2, 0.25) is 0 Å². The minimum Gasteiger partial charge on any atom is -0.456 e. The third-order valence-electron chi connectivity index (χ3n) is 12.7. The number of hydrogen-bond acceptors (Lipinski definition) is 3. The Labute approximate surface area is 339 Å². The van der Waals surface area contributed by atoms with E-state index < -0.39 is 5.41 Å². The summed E-state index contributed by atoms with van der Waals surface area (Å²) < 4.78 is 9.19. The van der Waals surface area contributed by atoms with Gasteiger partial charge in [0, 0.05) is 53.8 Å². The molecule has 270 valence electrons. The Bertz CT molecular complexity index is 3450. The number of rotatable bonds is 4. The van der Waals surface area contributed by atoms with Crippen LogP contribution in [0.1, 0.15) is 22.3 Å². The molecule has 2 aromatic heterocycles. The molecule has 0 N–H and O–H groups in total. The number of hydrogen-bond donors (Lipinski definition) is 0. The van der Waals surface area contributed by atoms with E-state index >= 15 is 0 Å². The first-order chi connectivity index (χ1) is 28.8. The Kier molecular flexibility index (Phi) is 6.56. The van der Waals surface area contributed by atoms with Gasteiger partial charge in [0.2, 0.25) is 0 Å². The summed E-state index contributed by atoms with van der Waals surface area (Å²) in [4.78, 5) is 2.50. The maximum Gasteiger partial charge on any atom is 0.137 e. The van der Waals surface area contributed by atoms with Gasteiger partial charge in [-0.1, -0.05) is 152 Å². The van der Waals surface area contributed by atoms with Crippen LogP contribution in [-0.2, 0) is 5.41 Å². The molecule has 1 spiro atoms. The highest BCUT2D eigenvalue weighted by molar-refractivity contribution is 7.25. The molecule has 0 fully saturated rings. The van der Waals surface area contributed by atoms with Crippen molar-refractivity contribution in [2.24, 2.45) is 0 Å². The van der Waals surface area contributed by atoms with Crippen molar-refractivity contribution in [3.63, 3.8) is 0 Å². The van der Waals surface area contributed by atoms with Gasteiger partial charge in [-0.2, -0.15) is 0 Å². The Morgan fingerprint density at radius 2 is 0.931 bits per heavy atom. The number of furan rings is 1. The van der Waals surface area contributed by atoms with Crippen LogP contribution < -0.4 is 4.90 Å². The first-order valence-electron chi connectivity index (χ1n) is 19.9. The minimum atomic E-state index is -0.454. The number of para-hydroxylation sites is 2. The highest BCUT2D eigenvalue weighted by Crippen LogP contribution is 2.65. The molecule has 0 bridgehead atoms. The van der Waals surface area contributed by atoms with E-state index in [0.717, 1.165) is 39.0 Å². The van der Waals surface area contributed by atoms with Crippen molar-refractivity contribution in [2.45, 2.75) is 5.41 Å². The van der Waals surface area contributed by atoms with Crippen molar-refractivity contribution < 1.29 is 4.42 Å². The molecule has 0 radical (unpaired) electrons. The number of benzene rings is 9. The summed E-state index contributed by atoms with van der Waals surface area (Å²) in [5, 5.41) is 4.83. The lowest BCUT2D eigenvalue weighted by Gasteiger charge is -2.32. The molecular weight excluding hydrogens is 723 g/mol. The molecule has 58 heavy (non-hydrogen) atoms. The van der Waals surface area contributed by atoms with E-state index in [0.29, 0.717) is 0 Å². The van der Waals surface area contributed by atoms with E-state index in [-0.39, 0.29) is 0 Å². The topological polar surface area (TPSA) is 16.4 Å². The zero-order valence-electron chi connectivity index (χ0n) is 31.3. The van der Waals surface area contributed by atoms with Gasteiger partial charge in [0.05, 0.1) is 16.8 Å². The summed E-state index contributed by atoms with van der Waals surface area (Å²) in [5.41, 5.74) is 17.4. The van der Waals surface area contributed by atoms with Gasteiger partial charge < -0.3 is 9.32 Å². The highest BCUT2D eigenvalue weighted by Gasteiger charge is 2.52. The van der Waals surface area contributed by atoms with Crippen molar-refractivity contribution in [1.29, 1.82) is 0 Å². The van der Waals surface area contributed by atoms with Crippen molar-refractivity contribution in [3.8, 4) is 33.4 Å². The van der Waals surface area contributed by atoms with Crippen LogP contribution in [0.25, 0.3) is 75.5 Å². The molecular formula is C55H33NOS. The lowest BCUT2D eigenvalue weighted by atomic mass is 9.70. The second-order valence-electron chi connectivity index (χ2n) is 15.5. The van der Waals surface area contributed by atoms with E-state index in [1.165, 1.54) is 75.8 Å². The van der Waals surface area contributed by atoms with Crippen molar-refractivity contribution >= 4 is 70.5 Å². The van der Waals surface area contributed by atoms with Gasteiger partial charge in [0.15, 0.2) is 0 Å². The van der Waals surface area contributed by atoms with E-state index in [2.05, 4.69) is 199 Å². The Hall–Kier alpha value is -7.20. The fourth-order valence-electron chi connectivity index (χ4n) is 10.5. The SMILES string of the molecule is c1ccc(N(c2ccc3c(c2)oc2ccccc23)c2cccc3c2-c2ccccc2C32c3ccccc3-c3ccccc32)c(-c2cccc3sc4ccccc4c23)c1. The molecule has 0 aliphatic heterocycles. The molecule has 2 aliphatic rings. The second-order valence-corrected chi connectivity index (χ2v) is 16.6. The van der Waals surface area contributed by atoms with E-state index in [4.69, 9.17) is 4.42 Å². The van der Waals surface area contributed by atoms with Crippen molar-refractivity contribution in [1.82, 2.24) is 0 Å². The maximum absolute atomic E-state index is 6.60. The van der Waals surface area contributed by atoms with Gasteiger partial charge >= 0.3 is 0 Å². The van der Waals surface area contributed by atoms with Gasteiger partial charge in [-0.05, 0) is 87.0 Å². The summed E-state index contributed by atoms with van der Waals surface area (Å²) >= 11 is 1.86. The highest BCUT2D eigenvalue weighted by atomic mass is 32.1. The average molecular weight is 756 g/mol. The van der Waals surface area contributed by atoms with E-state index in [1.54, 1.807) is 0 Å². The quantitative estimate of drug-likeness (QED) is 0.178. The Morgan fingerprint density at radius 3 is 1.74 bits per heavy atom. The third kappa shape index (κ3) is 4.16. The third-order valence-corrected chi connectivity index (χ3v) is 13.8. The molecule has 0 atom stereocenters. The van der Waals surface area contributed by atoms with E-state index in [9.17, 15) is 0 Å². The molecule has 2 aliphatic carbocycles. The zero-order chi connectivity index (χ0) is 38.0. The lowest BCUT2D eigenvalue weighted by molar-refractivity contribution is 0.669. The number of thiophene rings is 1. The molecule has 0 saturated heterocycles. The smallest absolute Gasteiger partial charge is 0.137 e. The van der Waals surface area contributed by atoms with Gasteiger partial charge in [0.1, 0.15) is 11.2 Å².